The van der Waals surface area contributed by atoms with Crippen LogP contribution in [0.25, 0.3) is 0 Å². The van der Waals surface area contributed by atoms with Gasteiger partial charge in [-0.05, 0) is 23.1 Å². The van der Waals surface area contributed by atoms with E-state index in [1.54, 1.807) is 62.4 Å². The molecule has 0 spiro atoms. The molecule has 0 saturated carbocycles. The maximum atomic E-state index is 13.8. The molecule has 2 aromatic carbocycles. The number of sulfone groups is 1. The van der Waals surface area contributed by atoms with Crippen LogP contribution < -0.4 is 21.3 Å². The molecule has 0 aliphatic rings. The summed E-state index contributed by atoms with van der Waals surface area (Å²) < 4.78 is 37.7. The second kappa shape index (κ2) is 19.9. The second-order valence-corrected chi connectivity index (χ2v) is 13.9. The van der Waals surface area contributed by atoms with Crippen LogP contribution in [0.4, 0.5) is 4.79 Å². The number of carbonyl (C=O) groups excluding carboxylic acids is 6. The van der Waals surface area contributed by atoms with E-state index in [9.17, 15) is 37.2 Å². The molecule has 0 aliphatic carbocycles. The molecular formula is C33H41ClN4O11S. The Morgan fingerprint density at radius 3 is 1.86 bits per heavy atom. The van der Waals surface area contributed by atoms with Crippen LogP contribution in [-0.2, 0) is 54.6 Å². The highest BCUT2D eigenvalue weighted by Gasteiger charge is 2.34. The average molecular weight is 737 g/mol. The number of ether oxygens (including phenoxy) is 3. The summed E-state index contributed by atoms with van der Waals surface area (Å²) in [5, 5.41) is 9.95. The number of alkyl carbamates (subject to hydrolysis) is 1. The van der Waals surface area contributed by atoms with Gasteiger partial charge in [0.25, 0.3) is 0 Å². The minimum Gasteiger partial charge on any atom is -0.469 e. The van der Waals surface area contributed by atoms with Gasteiger partial charge in [0.2, 0.25) is 17.7 Å². The Hall–Kier alpha value is -4.96. The predicted octanol–water partition coefficient (Wildman–Crippen LogP) is 2.02. The number of methoxy groups -OCH3 is 2. The van der Waals surface area contributed by atoms with Crippen molar-refractivity contribution in [3.05, 3.63) is 82.2 Å². The number of rotatable bonds is 17. The minimum atomic E-state index is -3.88. The first-order chi connectivity index (χ1) is 23.5. The maximum absolute atomic E-state index is 13.8. The average Bonchev–Trinajstić information content (AvgIpc) is 3.07. The first kappa shape index (κ1) is 41.2. The highest BCUT2D eigenvalue weighted by molar-refractivity contribution is 7.96. The van der Waals surface area contributed by atoms with E-state index < -0.39 is 92.9 Å². The second-order valence-electron chi connectivity index (χ2n) is 11.3. The molecule has 50 heavy (non-hydrogen) atoms. The van der Waals surface area contributed by atoms with Crippen LogP contribution in [0.15, 0.2) is 71.1 Å². The molecular weight excluding hydrogens is 696 g/mol. The van der Waals surface area contributed by atoms with Crippen molar-refractivity contribution in [2.75, 3.05) is 20.5 Å². The predicted molar refractivity (Wildman–Crippen MR) is 182 cm³/mol. The molecule has 0 aromatic heterocycles. The molecule has 0 bridgehead atoms. The van der Waals surface area contributed by atoms with E-state index in [2.05, 4.69) is 30.7 Å². The lowest BCUT2D eigenvalue weighted by atomic mass is 10.00. The van der Waals surface area contributed by atoms with Gasteiger partial charge < -0.3 is 35.5 Å². The topological polar surface area (TPSA) is 212 Å². The molecule has 15 nitrogen and oxygen atoms in total. The van der Waals surface area contributed by atoms with Gasteiger partial charge in [-0.2, -0.15) is 0 Å². The summed E-state index contributed by atoms with van der Waals surface area (Å²) in [6.45, 7) is 3.11. The van der Waals surface area contributed by atoms with Crippen molar-refractivity contribution in [1.82, 2.24) is 21.3 Å². The Balaban J connectivity index is 2.33. The van der Waals surface area contributed by atoms with Crippen LogP contribution in [-0.4, -0.2) is 82.8 Å². The normalized spacial score (nSPS) is 13.9. The number of hydrogen-bond donors (Lipinski definition) is 4. The minimum absolute atomic E-state index is 0.121. The zero-order valence-corrected chi connectivity index (χ0v) is 29.7. The number of benzene rings is 2. The fourth-order valence-corrected chi connectivity index (χ4v) is 4.86. The first-order valence-electron chi connectivity index (χ1n) is 15.2. The molecule has 4 amide bonds. The Bertz CT molecular complexity index is 1640. The van der Waals surface area contributed by atoms with Crippen LogP contribution in [0.1, 0.15) is 43.9 Å². The Labute approximate surface area is 295 Å². The van der Waals surface area contributed by atoms with Crippen LogP contribution in [0.3, 0.4) is 0 Å². The van der Waals surface area contributed by atoms with E-state index in [1.807, 2.05) is 0 Å². The zero-order chi connectivity index (χ0) is 37.4. The third kappa shape index (κ3) is 13.9. The van der Waals surface area contributed by atoms with E-state index in [4.69, 9.17) is 16.3 Å². The molecule has 2 rings (SSSR count). The largest absolute Gasteiger partial charge is 0.469 e. The lowest BCUT2D eigenvalue weighted by Gasteiger charge is -2.28. The summed E-state index contributed by atoms with van der Waals surface area (Å²) in [6, 6.07) is 11.2. The van der Waals surface area contributed by atoms with E-state index in [0.717, 1.165) is 26.6 Å². The summed E-state index contributed by atoms with van der Waals surface area (Å²) >= 11 is 5.89. The highest BCUT2D eigenvalue weighted by Crippen LogP contribution is 2.17. The number of hydrogen-bond acceptors (Lipinski definition) is 11. The zero-order valence-electron chi connectivity index (χ0n) is 28.1. The number of nitrogens with one attached hydrogen (secondary N) is 4. The van der Waals surface area contributed by atoms with Crippen molar-refractivity contribution in [2.24, 2.45) is 5.92 Å². The summed E-state index contributed by atoms with van der Waals surface area (Å²) in [5.74, 6) is -4.78. The van der Waals surface area contributed by atoms with E-state index in [1.165, 1.54) is 12.1 Å². The van der Waals surface area contributed by atoms with E-state index >= 15 is 0 Å². The van der Waals surface area contributed by atoms with Crippen LogP contribution in [0, 0.1) is 5.92 Å². The fraction of sp³-hybridized carbons (Fsp3) is 0.394. The summed E-state index contributed by atoms with van der Waals surface area (Å²) in [5.41, 5.74) is 0.962. The molecule has 17 heteroatoms. The first-order valence-corrected chi connectivity index (χ1v) is 17.5. The fourth-order valence-electron chi connectivity index (χ4n) is 4.30. The molecule has 0 aliphatic heterocycles. The monoisotopic (exact) mass is 736 g/mol. The van der Waals surface area contributed by atoms with E-state index in [-0.39, 0.29) is 12.2 Å². The van der Waals surface area contributed by atoms with Crippen molar-refractivity contribution >= 4 is 57.2 Å². The Kier molecular flexibility index (Phi) is 16.4. The molecule has 0 fully saturated rings. The van der Waals surface area contributed by atoms with Gasteiger partial charge in [-0.1, -0.05) is 86.1 Å². The SMILES string of the molecule is COC(=O)C[C@@H](/C=C(\Cl)S(C)(=O)=O)NC(=O)[C@H](NC(=O)[C@@H](NC(=O)[C@H](CC(=O)OC)NC(=O)OCc1ccccc1)c1ccccc1)C(C)C. The van der Waals surface area contributed by atoms with E-state index in [0.29, 0.717) is 5.56 Å². The summed E-state index contributed by atoms with van der Waals surface area (Å²) in [7, 11) is -1.67. The maximum Gasteiger partial charge on any atom is 0.408 e. The highest BCUT2D eigenvalue weighted by atomic mass is 35.5. The molecule has 0 unspecified atom stereocenters. The third-order valence-corrected chi connectivity index (χ3v) is 8.79. The van der Waals surface area contributed by atoms with Crippen molar-refractivity contribution in [3.63, 3.8) is 0 Å². The van der Waals surface area contributed by atoms with Gasteiger partial charge in [0.1, 0.15) is 29.1 Å². The van der Waals surface area contributed by atoms with Gasteiger partial charge in [-0.15, -0.1) is 0 Å². The van der Waals surface area contributed by atoms with Gasteiger partial charge >= 0.3 is 18.0 Å². The van der Waals surface area contributed by atoms with Crippen molar-refractivity contribution in [2.45, 2.75) is 57.5 Å². The van der Waals surface area contributed by atoms with Crippen LogP contribution >= 0.6 is 11.6 Å². The molecule has 4 atom stereocenters. The molecule has 0 heterocycles. The molecule has 4 N–H and O–H groups in total. The number of halogens is 1. The van der Waals surface area contributed by atoms with Crippen molar-refractivity contribution in [3.8, 4) is 0 Å². The molecule has 2 aromatic rings. The van der Waals surface area contributed by atoms with Gasteiger partial charge in [-0.3, -0.25) is 24.0 Å². The van der Waals surface area contributed by atoms with Crippen molar-refractivity contribution < 1.29 is 51.4 Å². The Morgan fingerprint density at radius 1 is 0.760 bits per heavy atom. The molecule has 0 saturated heterocycles. The van der Waals surface area contributed by atoms with Gasteiger partial charge in [0, 0.05) is 6.26 Å². The van der Waals surface area contributed by atoms with Crippen LogP contribution in [0.2, 0.25) is 0 Å². The number of esters is 2. The van der Waals surface area contributed by atoms with Gasteiger partial charge in [0.15, 0.2) is 9.84 Å². The third-order valence-electron chi connectivity index (χ3n) is 6.98. The summed E-state index contributed by atoms with van der Waals surface area (Å²) in [6.07, 6.45) is -0.276. The van der Waals surface area contributed by atoms with Crippen LogP contribution in [0.5, 0.6) is 0 Å². The standard InChI is InChI=1S/C33H41ClN4O11S/c1-20(2)28(31(42)35-23(17-26(39)47-3)16-25(34)50(5,45)46)37-32(43)29(22-14-10-7-11-15-22)38-30(41)24(18-27(40)48-4)36-33(44)49-19-21-12-8-6-9-13-21/h6-16,20,23-24,28-29H,17-19H2,1-5H3,(H,35,42)(H,36,44)(H,37,43)(H,38,41)/b25-16+/t23-,24+,28-,29+/m1/s1. The smallest absolute Gasteiger partial charge is 0.408 e. The Morgan fingerprint density at radius 2 is 1.32 bits per heavy atom. The summed E-state index contributed by atoms with van der Waals surface area (Å²) in [4.78, 5) is 77.6. The van der Waals surface area contributed by atoms with Gasteiger partial charge in [-0.25, -0.2) is 13.2 Å². The van der Waals surface area contributed by atoms with Gasteiger partial charge in [0.05, 0.1) is 33.1 Å². The lowest BCUT2D eigenvalue weighted by Crippen LogP contribution is -2.56. The molecule has 272 valence electrons. The number of carbonyl (C=O) groups is 6. The molecule has 0 radical (unpaired) electrons. The number of amides is 4. The quantitative estimate of drug-likeness (QED) is 0.136. The van der Waals surface area contributed by atoms with Crippen molar-refractivity contribution in [1.29, 1.82) is 0 Å². The lowest BCUT2D eigenvalue weighted by molar-refractivity contribution is -0.143.